The summed E-state index contributed by atoms with van der Waals surface area (Å²) in [7, 11) is 0. The molecule has 0 saturated heterocycles. The molecule has 0 nitrogen and oxygen atoms in total. The smallest absolute Gasteiger partial charge is 0.0265 e. The third-order valence-electron chi connectivity index (χ3n) is 2.46. The summed E-state index contributed by atoms with van der Waals surface area (Å²) < 4.78 is 0. The van der Waals surface area contributed by atoms with Gasteiger partial charge < -0.3 is 0 Å². The first-order valence-corrected chi connectivity index (χ1v) is 5.07. The van der Waals surface area contributed by atoms with Crippen molar-refractivity contribution in [2.45, 2.75) is 25.7 Å². The lowest BCUT2D eigenvalue weighted by atomic mass is 9.94. The Labute approximate surface area is 72.9 Å². The molecule has 0 bridgehead atoms. The topological polar surface area (TPSA) is 0 Å². The van der Waals surface area contributed by atoms with E-state index in [9.17, 15) is 0 Å². The molecule has 0 atom stereocenters. The first-order chi connectivity index (χ1) is 4.88. The van der Waals surface area contributed by atoms with Gasteiger partial charge in [-0.25, -0.2) is 0 Å². The molecule has 0 aromatic carbocycles. The molecule has 0 aromatic heterocycles. The van der Waals surface area contributed by atoms with E-state index >= 15 is 0 Å². The maximum atomic E-state index is 5.76. The highest BCUT2D eigenvalue weighted by Gasteiger charge is 2.23. The van der Waals surface area contributed by atoms with Gasteiger partial charge in [-0.3, -0.25) is 0 Å². The molecule has 0 aromatic rings. The molecule has 0 unspecified atom stereocenters. The van der Waals surface area contributed by atoms with E-state index in [4.69, 9.17) is 23.2 Å². The highest BCUT2D eigenvalue weighted by molar-refractivity contribution is 6.20. The van der Waals surface area contributed by atoms with E-state index < -0.39 is 0 Å². The summed E-state index contributed by atoms with van der Waals surface area (Å²) in [5.41, 5.74) is 0. The van der Waals surface area contributed by atoms with Crippen molar-refractivity contribution in [3.8, 4) is 0 Å². The van der Waals surface area contributed by atoms with Gasteiger partial charge in [-0.1, -0.05) is 25.7 Å². The Kier molecular flexibility index (Phi) is 3.87. The summed E-state index contributed by atoms with van der Waals surface area (Å²) in [6.07, 6.45) is 5.47. The van der Waals surface area contributed by atoms with Gasteiger partial charge in [0.1, 0.15) is 0 Å². The third kappa shape index (κ3) is 2.03. The number of alkyl halides is 2. The molecule has 60 valence electrons. The van der Waals surface area contributed by atoms with E-state index in [1.54, 1.807) is 0 Å². The van der Waals surface area contributed by atoms with Crippen LogP contribution in [-0.2, 0) is 0 Å². The van der Waals surface area contributed by atoms with Crippen molar-refractivity contribution < 1.29 is 0 Å². The second-order valence-corrected chi connectivity index (χ2v) is 3.73. The standard InChI is InChI=1S/C8H14Cl2/c9-5-8(6-10)7-3-1-2-4-7/h7-8H,1-6H2. The van der Waals surface area contributed by atoms with Crippen LogP contribution in [0.2, 0.25) is 0 Å². The minimum Gasteiger partial charge on any atom is -0.126 e. The molecule has 0 amide bonds. The second-order valence-electron chi connectivity index (χ2n) is 3.11. The van der Waals surface area contributed by atoms with Gasteiger partial charge >= 0.3 is 0 Å². The fourth-order valence-electron chi connectivity index (χ4n) is 1.72. The van der Waals surface area contributed by atoms with Gasteiger partial charge in [0, 0.05) is 11.8 Å². The van der Waals surface area contributed by atoms with Gasteiger partial charge in [0.15, 0.2) is 0 Å². The monoisotopic (exact) mass is 180 g/mol. The molecular formula is C8H14Cl2. The fraction of sp³-hybridized carbons (Fsp3) is 1.00. The predicted molar refractivity (Wildman–Crippen MR) is 46.9 cm³/mol. The normalized spacial score (nSPS) is 20.7. The lowest BCUT2D eigenvalue weighted by Gasteiger charge is -2.17. The van der Waals surface area contributed by atoms with Gasteiger partial charge in [-0.05, 0) is 11.8 Å². The van der Waals surface area contributed by atoms with Crippen LogP contribution in [0.25, 0.3) is 0 Å². The van der Waals surface area contributed by atoms with Gasteiger partial charge in [0.05, 0.1) is 0 Å². The highest BCUT2D eigenvalue weighted by atomic mass is 35.5. The number of hydrogen-bond acceptors (Lipinski definition) is 0. The molecule has 0 radical (unpaired) electrons. The van der Waals surface area contributed by atoms with Crippen LogP contribution < -0.4 is 0 Å². The zero-order valence-corrected chi connectivity index (χ0v) is 7.67. The molecule has 1 fully saturated rings. The lowest BCUT2D eigenvalue weighted by molar-refractivity contribution is 0.405. The SMILES string of the molecule is ClCC(CCl)C1CCCC1. The van der Waals surface area contributed by atoms with E-state index in [2.05, 4.69) is 0 Å². The minimum atomic E-state index is 0.575. The maximum Gasteiger partial charge on any atom is 0.0265 e. The molecule has 10 heavy (non-hydrogen) atoms. The molecule has 1 rings (SSSR count). The average Bonchev–Trinajstić information content (AvgIpc) is 2.43. The molecule has 2 heteroatoms. The average molecular weight is 181 g/mol. The van der Waals surface area contributed by atoms with Crippen LogP contribution in [0, 0.1) is 11.8 Å². The Balaban J connectivity index is 2.29. The molecule has 0 spiro atoms. The van der Waals surface area contributed by atoms with Crippen molar-refractivity contribution in [1.82, 2.24) is 0 Å². The van der Waals surface area contributed by atoms with Crippen LogP contribution >= 0.6 is 23.2 Å². The first-order valence-electron chi connectivity index (χ1n) is 4.00. The number of rotatable bonds is 3. The zero-order chi connectivity index (χ0) is 7.40. The van der Waals surface area contributed by atoms with Gasteiger partial charge in [0.25, 0.3) is 0 Å². The third-order valence-corrected chi connectivity index (χ3v) is 3.26. The second kappa shape index (κ2) is 4.46. The molecule has 1 aliphatic rings. The van der Waals surface area contributed by atoms with E-state index in [-0.39, 0.29) is 0 Å². The molecule has 0 N–H and O–H groups in total. The molecule has 1 aliphatic carbocycles. The van der Waals surface area contributed by atoms with Crippen molar-refractivity contribution in [3.05, 3.63) is 0 Å². The van der Waals surface area contributed by atoms with E-state index in [0.717, 1.165) is 17.7 Å². The Morgan fingerprint density at radius 2 is 1.60 bits per heavy atom. The summed E-state index contributed by atoms with van der Waals surface area (Å²) in [5, 5.41) is 0. The first kappa shape index (κ1) is 8.67. The van der Waals surface area contributed by atoms with Gasteiger partial charge in [-0.2, -0.15) is 0 Å². The van der Waals surface area contributed by atoms with Crippen LogP contribution in [0.5, 0.6) is 0 Å². The van der Waals surface area contributed by atoms with Crippen LogP contribution in [0.15, 0.2) is 0 Å². The number of halogens is 2. The molecule has 1 saturated carbocycles. The van der Waals surface area contributed by atoms with Crippen molar-refractivity contribution in [2.24, 2.45) is 11.8 Å². The van der Waals surface area contributed by atoms with Crippen LogP contribution in [-0.4, -0.2) is 11.8 Å². The largest absolute Gasteiger partial charge is 0.126 e. The molecule has 0 aliphatic heterocycles. The fourth-order valence-corrected chi connectivity index (χ4v) is 2.56. The van der Waals surface area contributed by atoms with Crippen LogP contribution in [0.3, 0.4) is 0 Å². The Bertz CT molecular complexity index is 83.3. The molecule has 0 heterocycles. The summed E-state index contributed by atoms with van der Waals surface area (Å²) in [5.74, 6) is 2.89. The Morgan fingerprint density at radius 1 is 1.10 bits per heavy atom. The summed E-state index contributed by atoms with van der Waals surface area (Å²) >= 11 is 11.5. The highest BCUT2D eigenvalue weighted by Crippen LogP contribution is 2.32. The summed E-state index contributed by atoms with van der Waals surface area (Å²) in [6.45, 7) is 0. The van der Waals surface area contributed by atoms with Crippen molar-refractivity contribution in [1.29, 1.82) is 0 Å². The molecular weight excluding hydrogens is 167 g/mol. The van der Waals surface area contributed by atoms with E-state index in [1.807, 2.05) is 0 Å². The Morgan fingerprint density at radius 3 is 2.00 bits per heavy atom. The minimum absolute atomic E-state index is 0.575. The van der Waals surface area contributed by atoms with Crippen molar-refractivity contribution in [2.75, 3.05) is 11.8 Å². The van der Waals surface area contributed by atoms with Crippen LogP contribution in [0.4, 0.5) is 0 Å². The maximum absolute atomic E-state index is 5.76. The van der Waals surface area contributed by atoms with E-state index in [1.165, 1.54) is 25.7 Å². The zero-order valence-electron chi connectivity index (χ0n) is 6.15. The lowest BCUT2D eigenvalue weighted by Crippen LogP contribution is -2.14. The quantitative estimate of drug-likeness (QED) is 0.586. The number of hydrogen-bond donors (Lipinski definition) is 0. The van der Waals surface area contributed by atoms with E-state index in [0.29, 0.717) is 5.92 Å². The van der Waals surface area contributed by atoms with Gasteiger partial charge in [0.2, 0.25) is 0 Å². The van der Waals surface area contributed by atoms with Gasteiger partial charge in [-0.15, -0.1) is 23.2 Å². The van der Waals surface area contributed by atoms with Crippen LogP contribution in [0.1, 0.15) is 25.7 Å². The van der Waals surface area contributed by atoms with Crippen molar-refractivity contribution in [3.63, 3.8) is 0 Å². The van der Waals surface area contributed by atoms with Crippen molar-refractivity contribution >= 4 is 23.2 Å². The summed E-state index contributed by atoms with van der Waals surface area (Å²) in [4.78, 5) is 0. The predicted octanol–water partition coefficient (Wildman–Crippen LogP) is 3.27. The summed E-state index contributed by atoms with van der Waals surface area (Å²) in [6, 6.07) is 0. The Hall–Kier alpha value is 0.580.